The number of hydrogen-bond donors (Lipinski definition) is 2. The van der Waals surface area contributed by atoms with Gasteiger partial charge in [-0.05, 0) is 6.42 Å². The summed E-state index contributed by atoms with van der Waals surface area (Å²) in [6, 6.07) is 9.84. The Morgan fingerprint density at radius 3 is 2.71 bits per heavy atom. The first-order chi connectivity index (χ1) is 10.1. The molecule has 1 saturated carbocycles. The number of aliphatic carboxylic acids is 1. The zero-order valence-corrected chi connectivity index (χ0v) is 12.0. The van der Waals surface area contributed by atoms with Crippen LogP contribution in [0.2, 0.25) is 0 Å². The molecule has 0 bridgehead atoms. The van der Waals surface area contributed by atoms with Gasteiger partial charge in [0.2, 0.25) is 5.91 Å². The predicted molar refractivity (Wildman–Crippen MR) is 78.6 cm³/mol. The number of thiazole rings is 1. The van der Waals surface area contributed by atoms with E-state index >= 15 is 0 Å². The number of aromatic nitrogens is 1. The summed E-state index contributed by atoms with van der Waals surface area (Å²) >= 11 is 1.53. The van der Waals surface area contributed by atoms with Crippen LogP contribution in [0.4, 0.5) is 0 Å². The second-order valence-corrected chi connectivity index (χ2v) is 5.87. The third-order valence-corrected chi connectivity index (χ3v) is 4.40. The predicted octanol–water partition coefficient (Wildman–Crippen LogP) is 2.15. The molecule has 1 aromatic heterocycles. The lowest BCUT2D eigenvalue weighted by molar-refractivity contribution is -0.140. The van der Waals surface area contributed by atoms with Crippen molar-refractivity contribution < 1.29 is 14.7 Å². The van der Waals surface area contributed by atoms with Crippen LogP contribution in [0.1, 0.15) is 12.1 Å². The molecular weight excluding hydrogens is 288 g/mol. The Labute approximate surface area is 125 Å². The van der Waals surface area contributed by atoms with Crippen molar-refractivity contribution in [2.45, 2.75) is 13.0 Å². The summed E-state index contributed by atoms with van der Waals surface area (Å²) in [4.78, 5) is 27.0. The largest absolute Gasteiger partial charge is 0.481 e. The molecular formula is C15H14N2O3S. The van der Waals surface area contributed by atoms with E-state index in [1.807, 2.05) is 35.7 Å². The molecule has 1 heterocycles. The molecule has 108 valence electrons. The summed E-state index contributed by atoms with van der Waals surface area (Å²) in [7, 11) is 0. The van der Waals surface area contributed by atoms with E-state index < -0.39 is 11.9 Å². The average Bonchev–Trinajstić information content (AvgIpc) is 3.17. The Hall–Kier alpha value is -2.21. The molecule has 2 atom stereocenters. The first kappa shape index (κ1) is 13.8. The topological polar surface area (TPSA) is 79.3 Å². The molecule has 0 spiro atoms. The van der Waals surface area contributed by atoms with Gasteiger partial charge in [0.05, 0.1) is 24.1 Å². The zero-order valence-electron chi connectivity index (χ0n) is 11.2. The van der Waals surface area contributed by atoms with Crippen LogP contribution in [-0.4, -0.2) is 22.0 Å². The van der Waals surface area contributed by atoms with Crippen LogP contribution in [0.25, 0.3) is 10.6 Å². The summed E-state index contributed by atoms with van der Waals surface area (Å²) in [6.07, 6.45) is 0.438. The maximum absolute atomic E-state index is 11.8. The molecule has 0 aliphatic heterocycles. The maximum Gasteiger partial charge on any atom is 0.307 e. The molecule has 5 nitrogen and oxygen atoms in total. The molecule has 0 unspecified atom stereocenters. The van der Waals surface area contributed by atoms with E-state index in [0.29, 0.717) is 13.0 Å². The lowest BCUT2D eigenvalue weighted by Crippen LogP contribution is -2.26. The number of rotatable bonds is 5. The van der Waals surface area contributed by atoms with Crippen molar-refractivity contribution in [3.63, 3.8) is 0 Å². The van der Waals surface area contributed by atoms with Crippen molar-refractivity contribution in [2.75, 3.05) is 0 Å². The van der Waals surface area contributed by atoms with Gasteiger partial charge in [-0.25, -0.2) is 4.98 Å². The van der Waals surface area contributed by atoms with Crippen LogP contribution < -0.4 is 5.32 Å². The molecule has 1 fully saturated rings. The molecule has 1 aliphatic rings. The van der Waals surface area contributed by atoms with E-state index in [9.17, 15) is 9.59 Å². The van der Waals surface area contributed by atoms with Crippen molar-refractivity contribution in [3.05, 3.63) is 41.4 Å². The fourth-order valence-electron chi connectivity index (χ4n) is 2.17. The van der Waals surface area contributed by atoms with Crippen LogP contribution in [0.15, 0.2) is 35.7 Å². The van der Waals surface area contributed by atoms with Gasteiger partial charge in [-0.1, -0.05) is 30.3 Å². The summed E-state index contributed by atoms with van der Waals surface area (Å²) in [5.74, 6) is -1.98. The van der Waals surface area contributed by atoms with E-state index in [4.69, 9.17) is 5.11 Å². The summed E-state index contributed by atoms with van der Waals surface area (Å²) in [5, 5.41) is 14.4. The highest BCUT2D eigenvalue weighted by atomic mass is 32.1. The Bertz CT molecular complexity index is 669. The lowest BCUT2D eigenvalue weighted by atomic mass is 10.2. The van der Waals surface area contributed by atoms with Gasteiger partial charge in [0.1, 0.15) is 5.01 Å². The number of nitrogens with zero attached hydrogens (tertiary/aromatic N) is 1. The van der Waals surface area contributed by atoms with Crippen LogP contribution in [0.5, 0.6) is 0 Å². The van der Waals surface area contributed by atoms with Gasteiger partial charge in [-0.3, -0.25) is 9.59 Å². The van der Waals surface area contributed by atoms with E-state index in [2.05, 4.69) is 10.3 Å². The second-order valence-electron chi connectivity index (χ2n) is 5.01. The van der Waals surface area contributed by atoms with Crippen LogP contribution >= 0.6 is 11.3 Å². The van der Waals surface area contributed by atoms with Crippen LogP contribution in [-0.2, 0) is 16.1 Å². The molecule has 2 N–H and O–H groups in total. The molecule has 1 aliphatic carbocycles. The van der Waals surface area contributed by atoms with E-state index in [0.717, 1.165) is 16.3 Å². The van der Waals surface area contributed by atoms with Crippen molar-refractivity contribution >= 4 is 23.2 Å². The number of amides is 1. The third kappa shape index (κ3) is 3.11. The molecule has 21 heavy (non-hydrogen) atoms. The van der Waals surface area contributed by atoms with Crippen molar-refractivity contribution in [2.24, 2.45) is 11.8 Å². The fourth-order valence-corrected chi connectivity index (χ4v) is 2.99. The Morgan fingerprint density at radius 1 is 1.29 bits per heavy atom. The first-order valence-electron chi connectivity index (χ1n) is 6.65. The van der Waals surface area contributed by atoms with E-state index in [1.165, 1.54) is 11.3 Å². The van der Waals surface area contributed by atoms with Gasteiger partial charge in [0.25, 0.3) is 0 Å². The number of carboxylic acids is 1. The van der Waals surface area contributed by atoms with Gasteiger partial charge in [0.15, 0.2) is 0 Å². The molecule has 2 aromatic rings. The van der Waals surface area contributed by atoms with E-state index in [1.54, 1.807) is 0 Å². The van der Waals surface area contributed by atoms with E-state index in [-0.39, 0.29) is 11.8 Å². The summed E-state index contributed by atoms with van der Waals surface area (Å²) in [6.45, 7) is 0.338. The molecule has 6 heteroatoms. The van der Waals surface area contributed by atoms with Crippen molar-refractivity contribution in [3.8, 4) is 10.6 Å². The number of carbonyl (C=O) groups is 2. The zero-order chi connectivity index (χ0) is 14.8. The quantitative estimate of drug-likeness (QED) is 0.887. The second kappa shape index (κ2) is 5.65. The number of benzene rings is 1. The highest BCUT2D eigenvalue weighted by Gasteiger charge is 2.48. The normalized spacial score (nSPS) is 20.0. The maximum atomic E-state index is 11.8. The molecule has 1 aromatic carbocycles. The van der Waals surface area contributed by atoms with Crippen LogP contribution in [0.3, 0.4) is 0 Å². The average molecular weight is 302 g/mol. The number of carboxylic acid groups (broad SMARTS) is 1. The monoisotopic (exact) mass is 302 g/mol. The van der Waals surface area contributed by atoms with Gasteiger partial charge in [0, 0.05) is 10.9 Å². The number of carbonyl (C=O) groups excluding carboxylic acids is 1. The number of nitrogens with one attached hydrogen (secondary N) is 1. The highest BCUT2D eigenvalue weighted by Crippen LogP contribution is 2.38. The van der Waals surface area contributed by atoms with Gasteiger partial charge in [-0.2, -0.15) is 0 Å². The minimum Gasteiger partial charge on any atom is -0.481 e. The smallest absolute Gasteiger partial charge is 0.307 e. The van der Waals surface area contributed by atoms with Gasteiger partial charge in [-0.15, -0.1) is 11.3 Å². The van der Waals surface area contributed by atoms with Crippen LogP contribution in [0, 0.1) is 11.8 Å². The highest BCUT2D eigenvalue weighted by molar-refractivity contribution is 7.13. The lowest BCUT2D eigenvalue weighted by Gasteiger charge is -2.01. The Kier molecular flexibility index (Phi) is 3.70. The third-order valence-electron chi connectivity index (χ3n) is 3.46. The molecule has 1 amide bonds. The SMILES string of the molecule is O=C(NCc1csc(-c2ccccc2)n1)[C@H]1C[C@H]1C(=O)O. The minimum atomic E-state index is -0.893. The first-order valence-corrected chi connectivity index (χ1v) is 7.53. The number of hydrogen-bond acceptors (Lipinski definition) is 4. The van der Waals surface area contributed by atoms with Gasteiger partial charge >= 0.3 is 5.97 Å². The van der Waals surface area contributed by atoms with Crippen molar-refractivity contribution in [1.82, 2.24) is 10.3 Å². The summed E-state index contributed by atoms with van der Waals surface area (Å²) < 4.78 is 0. The van der Waals surface area contributed by atoms with Gasteiger partial charge < -0.3 is 10.4 Å². The molecule has 3 rings (SSSR count). The Balaban J connectivity index is 1.56. The summed E-state index contributed by atoms with van der Waals surface area (Å²) in [5.41, 5.74) is 1.84. The van der Waals surface area contributed by atoms with Crippen molar-refractivity contribution in [1.29, 1.82) is 0 Å². The Morgan fingerprint density at radius 2 is 2.05 bits per heavy atom. The standard InChI is InChI=1S/C15H14N2O3S/c18-13(11-6-12(11)15(19)20)16-7-10-8-21-14(17-10)9-4-2-1-3-5-9/h1-5,8,11-12H,6-7H2,(H,16,18)(H,19,20)/t11-,12+/m0/s1. The molecule has 0 saturated heterocycles. The minimum absolute atomic E-state index is 0.198. The molecule has 0 radical (unpaired) electrons. The fraction of sp³-hybridized carbons (Fsp3) is 0.267.